The van der Waals surface area contributed by atoms with Gasteiger partial charge < -0.3 is 14.7 Å². The first-order valence-corrected chi connectivity index (χ1v) is 9.45. The highest BCUT2D eigenvalue weighted by molar-refractivity contribution is 5.97. The number of methoxy groups -OCH3 is 1. The van der Waals surface area contributed by atoms with Crippen molar-refractivity contribution in [1.82, 2.24) is 15.8 Å². The van der Waals surface area contributed by atoms with Crippen LogP contribution in [0.15, 0.2) is 42.5 Å². The molecule has 0 aliphatic carbocycles. The van der Waals surface area contributed by atoms with E-state index >= 15 is 0 Å². The maximum absolute atomic E-state index is 14.3. The van der Waals surface area contributed by atoms with Crippen molar-refractivity contribution >= 4 is 5.91 Å². The summed E-state index contributed by atoms with van der Waals surface area (Å²) >= 11 is 0. The molecule has 148 valence electrons. The monoisotopic (exact) mass is 385 g/mol. The van der Waals surface area contributed by atoms with Gasteiger partial charge >= 0.3 is 0 Å². The maximum Gasteiger partial charge on any atom is 0.258 e. The molecular formula is C21H24FN3O3. The Labute approximate surface area is 163 Å². The highest BCUT2D eigenvalue weighted by atomic mass is 19.1. The molecule has 0 bridgehead atoms. The lowest BCUT2D eigenvalue weighted by Crippen LogP contribution is -2.32. The molecule has 0 unspecified atom stereocenters. The summed E-state index contributed by atoms with van der Waals surface area (Å²) in [7, 11) is 1.54. The molecule has 2 atom stereocenters. The van der Waals surface area contributed by atoms with Crippen LogP contribution in [-0.4, -0.2) is 48.8 Å². The number of hydrazine groups is 1. The van der Waals surface area contributed by atoms with Crippen molar-refractivity contribution in [1.29, 1.82) is 0 Å². The van der Waals surface area contributed by atoms with E-state index in [9.17, 15) is 14.3 Å². The van der Waals surface area contributed by atoms with Crippen LogP contribution in [-0.2, 0) is 0 Å². The predicted octanol–water partition coefficient (Wildman–Crippen LogP) is 1.97. The number of nitrogens with one attached hydrogen (secondary N) is 2. The van der Waals surface area contributed by atoms with Gasteiger partial charge in [0.05, 0.1) is 24.8 Å². The number of hydrogen-bond acceptors (Lipinski definition) is 5. The number of likely N-dealkylation sites (tertiary alicyclic amines) is 1. The number of ether oxygens (including phenoxy) is 1. The summed E-state index contributed by atoms with van der Waals surface area (Å²) < 4.78 is 19.8. The third kappa shape index (κ3) is 3.48. The quantitative estimate of drug-likeness (QED) is 0.751. The lowest BCUT2D eigenvalue weighted by atomic mass is 9.97. The van der Waals surface area contributed by atoms with E-state index in [4.69, 9.17) is 4.74 Å². The van der Waals surface area contributed by atoms with Gasteiger partial charge in [-0.3, -0.25) is 15.6 Å². The molecule has 2 fully saturated rings. The molecule has 3 N–H and O–H groups in total. The Balaban J connectivity index is 1.65. The fourth-order valence-electron chi connectivity index (χ4n) is 4.07. The number of aliphatic hydroxyl groups is 1. The summed E-state index contributed by atoms with van der Waals surface area (Å²) in [4.78, 5) is 14.8. The molecule has 2 saturated heterocycles. The van der Waals surface area contributed by atoms with E-state index in [2.05, 4.69) is 10.9 Å². The van der Waals surface area contributed by atoms with Gasteiger partial charge in [0.15, 0.2) is 0 Å². The highest BCUT2D eigenvalue weighted by Gasteiger charge is 2.38. The van der Waals surface area contributed by atoms with E-state index < -0.39 is 12.1 Å². The van der Waals surface area contributed by atoms with Crippen molar-refractivity contribution in [3.63, 3.8) is 0 Å². The summed E-state index contributed by atoms with van der Waals surface area (Å²) in [6.07, 6.45) is -0.374. The lowest BCUT2D eigenvalue weighted by molar-refractivity contribution is 0.0710. The van der Waals surface area contributed by atoms with Gasteiger partial charge in [-0.25, -0.2) is 4.39 Å². The molecule has 4 rings (SSSR count). The molecule has 6 nitrogen and oxygen atoms in total. The zero-order valence-electron chi connectivity index (χ0n) is 15.7. The first-order chi connectivity index (χ1) is 13.6. The van der Waals surface area contributed by atoms with Crippen molar-refractivity contribution in [2.75, 3.05) is 26.7 Å². The summed E-state index contributed by atoms with van der Waals surface area (Å²) in [6, 6.07) is 11.5. The average molecular weight is 385 g/mol. The molecule has 0 radical (unpaired) electrons. The molecular weight excluding hydrogens is 361 g/mol. The van der Waals surface area contributed by atoms with Gasteiger partial charge in [0.25, 0.3) is 5.91 Å². The van der Waals surface area contributed by atoms with Crippen LogP contribution >= 0.6 is 0 Å². The second-order valence-electron chi connectivity index (χ2n) is 7.30. The van der Waals surface area contributed by atoms with Crippen molar-refractivity contribution in [2.45, 2.75) is 24.5 Å². The minimum absolute atomic E-state index is 0.166. The van der Waals surface area contributed by atoms with Crippen molar-refractivity contribution < 1.29 is 19.0 Å². The van der Waals surface area contributed by atoms with Crippen LogP contribution in [0.3, 0.4) is 0 Å². The Morgan fingerprint density at radius 1 is 1.21 bits per heavy atom. The standard InChI is InChI=1S/C21H24FN3O3/c1-28-20-8-13(14-10-23-24-11-14)6-7-17(20)21(27)25-12-15(26)9-19(25)16-4-2-3-5-18(16)22/h2-8,14-15,19,23-24,26H,9-12H2,1H3/t15-,19-/m1/s1. The average Bonchev–Trinajstić information content (AvgIpc) is 3.37. The molecule has 2 aliphatic heterocycles. The number of aliphatic hydroxyl groups excluding tert-OH is 1. The Hall–Kier alpha value is -2.48. The van der Waals surface area contributed by atoms with Gasteiger partial charge in [-0.2, -0.15) is 0 Å². The first kappa shape index (κ1) is 18.9. The van der Waals surface area contributed by atoms with E-state index in [1.165, 1.54) is 13.2 Å². The third-order valence-corrected chi connectivity index (χ3v) is 5.55. The Kier molecular flexibility index (Phi) is 5.30. The lowest BCUT2D eigenvalue weighted by Gasteiger charge is -2.26. The summed E-state index contributed by atoms with van der Waals surface area (Å²) in [5.74, 6) is 0.153. The topological polar surface area (TPSA) is 73.8 Å². The Morgan fingerprint density at radius 2 is 1.96 bits per heavy atom. The van der Waals surface area contributed by atoms with Crippen LogP contribution in [0.2, 0.25) is 0 Å². The maximum atomic E-state index is 14.3. The molecule has 1 amide bonds. The molecule has 7 heteroatoms. The number of rotatable bonds is 4. The summed E-state index contributed by atoms with van der Waals surface area (Å²) in [5, 5.41) is 10.2. The number of hydrogen-bond donors (Lipinski definition) is 3. The number of benzene rings is 2. The van der Waals surface area contributed by atoms with Crippen LogP contribution in [0.4, 0.5) is 4.39 Å². The van der Waals surface area contributed by atoms with E-state index in [-0.39, 0.29) is 18.3 Å². The normalized spacial score (nSPS) is 22.6. The summed E-state index contributed by atoms with van der Waals surface area (Å²) in [5.41, 5.74) is 8.11. The molecule has 0 aromatic heterocycles. The molecule has 2 aromatic carbocycles. The Morgan fingerprint density at radius 3 is 2.68 bits per heavy atom. The zero-order valence-corrected chi connectivity index (χ0v) is 15.7. The van der Waals surface area contributed by atoms with Crippen LogP contribution in [0, 0.1) is 5.82 Å². The van der Waals surface area contributed by atoms with Crippen LogP contribution < -0.4 is 15.6 Å². The van der Waals surface area contributed by atoms with E-state index in [0.717, 1.165) is 18.7 Å². The molecule has 2 heterocycles. The second kappa shape index (κ2) is 7.87. The first-order valence-electron chi connectivity index (χ1n) is 9.45. The molecule has 28 heavy (non-hydrogen) atoms. The molecule has 2 aromatic rings. The van der Waals surface area contributed by atoms with Gasteiger partial charge in [0.1, 0.15) is 11.6 Å². The number of amides is 1. The van der Waals surface area contributed by atoms with Crippen LogP contribution in [0.5, 0.6) is 5.75 Å². The van der Waals surface area contributed by atoms with Crippen molar-refractivity contribution in [3.05, 3.63) is 65.0 Å². The fraction of sp³-hybridized carbons (Fsp3) is 0.381. The molecule has 2 aliphatic rings. The number of halogens is 1. The zero-order chi connectivity index (χ0) is 19.7. The highest BCUT2D eigenvalue weighted by Crippen LogP contribution is 2.36. The number of nitrogens with zero attached hydrogens (tertiary/aromatic N) is 1. The fourth-order valence-corrected chi connectivity index (χ4v) is 4.07. The van der Waals surface area contributed by atoms with E-state index in [1.54, 1.807) is 29.2 Å². The minimum Gasteiger partial charge on any atom is -0.496 e. The third-order valence-electron chi connectivity index (χ3n) is 5.55. The largest absolute Gasteiger partial charge is 0.496 e. The van der Waals surface area contributed by atoms with Crippen molar-refractivity contribution in [3.8, 4) is 5.75 Å². The number of carbonyl (C=O) groups excluding carboxylic acids is 1. The number of carbonyl (C=O) groups is 1. The van der Waals surface area contributed by atoms with Gasteiger partial charge in [-0.1, -0.05) is 24.3 Å². The van der Waals surface area contributed by atoms with Gasteiger partial charge in [-0.15, -0.1) is 0 Å². The van der Waals surface area contributed by atoms with Gasteiger partial charge in [0.2, 0.25) is 0 Å². The van der Waals surface area contributed by atoms with Gasteiger partial charge in [0, 0.05) is 31.1 Å². The van der Waals surface area contributed by atoms with Crippen LogP contribution in [0.1, 0.15) is 39.9 Å². The predicted molar refractivity (Wildman–Crippen MR) is 103 cm³/mol. The van der Waals surface area contributed by atoms with E-state index in [1.807, 2.05) is 12.1 Å². The molecule has 0 spiro atoms. The smallest absolute Gasteiger partial charge is 0.258 e. The second-order valence-corrected chi connectivity index (χ2v) is 7.30. The Bertz CT molecular complexity index is 870. The van der Waals surface area contributed by atoms with Crippen molar-refractivity contribution in [2.24, 2.45) is 0 Å². The summed E-state index contributed by atoms with van der Waals surface area (Å²) in [6.45, 7) is 1.79. The SMILES string of the molecule is COc1cc(C2CNNC2)ccc1C(=O)N1C[C@H](O)C[C@@H]1c1ccccc1F. The minimum atomic E-state index is -0.686. The van der Waals surface area contributed by atoms with Crippen LogP contribution in [0.25, 0.3) is 0 Å². The number of β-amino-alcohol motifs (C(OH)–C–C–N with tert-alkyl or cyclic N) is 1. The van der Waals surface area contributed by atoms with E-state index in [0.29, 0.717) is 29.2 Å². The molecule has 0 saturated carbocycles. The van der Waals surface area contributed by atoms with Gasteiger partial charge in [-0.05, 0) is 30.2 Å².